The fraction of sp³-hybridized carbons (Fsp3) is 0.350. The second-order valence-electron chi connectivity index (χ2n) is 6.65. The fourth-order valence-electron chi connectivity index (χ4n) is 3.21. The maximum Gasteiger partial charge on any atom is 0.242 e. The fourth-order valence-corrected chi connectivity index (χ4v) is 3.57. The lowest BCUT2D eigenvalue weighted by Gasteiger charge is -2.37. The molecule has 1 aliphatic rings. The zero-order valence-electron chi connectivity index (χ0n) is 16.0. The third-order valence-corrected chi connectivity index (χ3v) is 5.57. The molecule has 0 aromatic heterocycles. The van der Waals surface area contributed by atoms with Crippen molar-refractivity contribution >= 4 is 28.4 Å². The molecule has 8 heteroatoms. The molecule has 0 aliphatic carbocycles. The van der Waals surface area contributed by atoms with E-state index in [2.05, 4.69) is 4.90 Å². The summed E-state index contributed by atoms with van der Waals surface area (Å²) in [4.78, 5) is 18.9. The molecule has 0 N–H and O–H groups in total. The van der Waals surface area contributed by atoms with Crippen molar-refractivity contribution in [2.75, 3.05) is 56.7 Å². The van der Waals surface area contributed by atoms with Crippen molar-refractivity contribution in [3.05, 3.63) is 48.5 Å². The third kappa shape index (κ3) is 4.82. The molecule has 1 fully saturated rings. The van der Waals surface area contributed by atoms with Gasteiger partial charge in [-0.05, 0) is 59.6 Å². The van der Waals surface area contributed by atoms with Gasteiger partial charge in [0.2, 0.25) is 5.91 Å². The molecular formula is C20H24N3O4S-. The Bertz CT molecular complexity index is 818. The van der Waals surface area contributed by atoms with Gasteiger partial charge in [-0.3, -0.25) is 9.00 Å². The van der Waals surface area contributed by atoms with E-state index < -0.39 is 11.1 Å². The number of rotatable bonds is 6. The van der Waals surface area contributed by atoms with E-state index in [-0.39, 0.29) is 10.8 Å². The summed E-state index contributed by atoms with van der Waals surface area (Å²) in [5.74, 6) is 0.879. The highest BCUT2D eigenvalue weighted by Gasteiger charge is 2.22. The van der Waals surface area contributed by atoms with Gasteiger partial charge in [-0.1, -0.05) is 0 Å². The van der Waals surface area contributed by atoms with Crippen molar-refractivity contribution in [2.45, 2.75) is 4.90 Å². The smallest absolute Gasteiger partial charge is 0.242 e. The average Bonchev–Trinajstić information content (AvgIpc) is 2.74. The maximum absolute atomic E-state index is 12.6. The second kappa shape index (κ2) is 9.07. The van der Waals surface area contributed by atoms with Crippen molar-refractivity contribution in [2.24, 2.45) is 0 Å². The zero-order valence-corrected chi connectivity index (χ0v) is 16.9. The number of likely N-dealkylation sites (N-methyl/N-ethyl adjacent to an activating group) is 1. The number of nitrogens with zero attached hydrogens (tertiary/aromatic N) is 3. The standard InChI is InChI=1S/C20H25N3O4S/c1-21(16-3-7-18(27-2)8-4-16)15-20(24)23-13-11-22(12-14-23)17-5-9-19(10-6-17)28(25)26/h3-10H,11-15H2,1-2H3,(H,25,26)/p-1. The summed E-state index contributed by atoms with van der Waals surface area (Å²) in [6.07, 6.45) is 0. The molecule has 3 rings (SSSR count). The number of hydrogen-bond acceptors (Lipinski definition) is 6. The number of amides is 1. The summed E-state index contributed by atoms with van der Waals surface area (Å²) in [6, 6.07) is 14.4. The van der Waals surface area contributed by atoms with Gasteiger partial charge in [0, 0.05) is 49.5 Å². The van der Waals surface area contributed by atoms with Gasteiger partial charge in [0.05, 0.1) is 13.7 Å². The minimum absolute atomic E-state index is 0.0927. The third-order valence-electron chi connectivity index (χ3n) is 4.91. The summed E-state index contributed by atoms with van der Waals surface area (Å²) in [5.41, 5.74) is 1.93. The number of anilines is 2. The van der Waals surface area contributed by atoms with Crippen LogP contribution in [-0.2, 0) is 15.9 Å². The first-order chi connectivity index (χ1) is 13.5. The van der Waals surface area contributed by atoms with E-state index in [4.69, 9.17) is 4.74 Å². The van der Waals surface area contributed by atoms with Crippen LogP contribution >= 0.6 is 0 Å². The number of carbonyl (C=O) groups excluding carboxylic acids is 1. The Morgan fingerprint density at radius 2 is 1.68 bits per heavy atom. The number of hydrogen-bond donors (Lipinski definition) is 0. The summed E-state index contributed by atoms with van der Waals surface area (Å²) in [6.45, 7) is 3.04. The van der Waals surface area contributed by atoms with Crippen LogP contribution < -0.4 is 14.5 Å². The number of carbonyl (C=O) groups is 1. The monoisotopic (exact) mass is 402 g/mol. The molecule has 2 aromatic rings. The SMILES string of the molecule is COc1ccc(N(C)CC(=O)N2CCN(c3ccc(S(=O)[O-])cc3)CC2)cc1. The van der Waals surface area contributed by atoms with Crippen molar-refractivity contribution in [1.29, 1.82) is 0 Å². The van der Waals surface area contributed by atoms with Crippen LogP contribution in [0.2, 0.25) is 0 Å². The van der Waals surface area contributed by atoms with E-state index >= 15 is 0 Å². The summed E-state index contributed by atoms with van der Waals surface area (Å²) >= 11 is -2.21. The van der Waals surface area contributed by atoms with Gasteiger partial charge in [0.1, 0.15) is 5.75 Å². The summed E-state index contributed by atoms with van der Waals surface area (Å²) < 4.78 is 27.1. The lowest BCUT2D eigenvalue weighted by Crippen LogP contribution is -2.51. The van der Waals surface area contributed by atoms with Gasteiger partial charge < -0.3 is 24.0 Å². The van der Waals surface area contributed by atoms with E-state index in [9.17, 15) is 13.6 Å². The molecule has 1 amide bonds. The van der Waals surface area contributed by atoms with Gasteiger partial charge in [-0.25, -0.2) is 0 Å². The maximum atomic E-state index is 12.6. The van der Waals surface area contributed by atoms with Crippen LogP contribution in [0.1, 0.15) is 0 Å². The van der Waals surface area contributed by atoms with Gasteiger partial charge in [-0.2, -0.15) is 0 Å². The largest absolute Gasteiger partial charge is 0.768 e. The molecular weight excluding hydrogens is 378 g/mol. The molecule has 2 aromatic carbocycles. The Hall–Kier alpha value is -2.58. The predicted octanol–water partition coefficient (Wildman–Crippen LogP) is 1.72. The van der Waals surface area contributed by atoms with Crippen molar-refractivity contribution in [3.8, 4) is 5.75 Å². The molecule has 0 spiro atoms. The van der Waals surface area contributed by atoms with E-state index in [1.165, 1.54) is 0 Å². The number of methoxy groups -OCH3 is 1. The Kier molecular flexibility index (Phi) is 6.53. The van der Waals surface area contributed by atoms with E-state index in [0.717, 1.165) is 30.2 Å². The summed E-state index contributed by atoms with van der Waals surface area (Å²) in [7, 11) is 3.53. The first-order valence-electron chi connectivity index (χ1n) is 9.05. The molecule has 28 heavy (non-hydrogen) atoms. The average molecular weight is 402 g/mol. The van der Waals surface area contributed by atoms with E-state index in [1.54, 1.807) is 31.4 Å². The highest BCUT2D eigenvalue weighted by atomic mass is 32.2. The summed E-state index contributed by atoms with van der Waals surface area (Å²) in [5, 5.41) is 0. The Balaban J connectivity index is 1.52. The molecule has 150 valence electrons. The van der Waals surface area contributed by atoms with Gasteiger partial charge >= 0.3 is 0 Å². The first kappa shape index (κ1) is 20.2. The molecule has 1 aliphatic heterocycles. The molecule has 1 heterocycles. The predicted molar refractivity (Wildman–Crippen MR) is 109 cm³/mol. The molecule has 1 atom stereocenters. The van der Waals surface area contributed by atoms with Crippen LogP contribution in [0.15, 0.2) is 53.4 Å². The van der Waals surface area contributed by atoms with Gasteiger partial charge in [0.25, 0.3) is 0 Å². The van der Waals surface area contributed by atoms with Gasteiger partial charge in [0.15, 0.2) is 0 Å². The van der Waals surface area contributed by atoms with Crippen molar-refractivity contribution in [3.63, 3.8) is 0 Å². The Morgan fingerprint density at radius 1 is 1.07 bits per heavy atom. The normalized spacial score (nSPS) is 15.2. The lowest BCUT2D eigenvalue weighted by molar-refractivity contribution is -0.129. The molecule has 7 nitrogen and oxygen atoms in total. The van der Waals surface area contributed by atoms with Crippen LogP contribution in [0.25, 0.3) is 0 Å². The molecule has 1 saturated heterocycles. The van der Waals surface area contributed by atoms with E-state index in [1.807, 2.05) is 41.1 Å². The van der Waals surface area contributed by atoms with Crippen LogP contribution in [0.5, 0.6) is 5.75 Å². The van der Waals surface area contributed by atoms with Crippen molar-refractivity contribution < 1.29 is 18.3 Å². The van der Waals surface area contributed by atoms with Crippen LogP contribution in [-0.4, -0.2) is 66.4 Å². The number of piperazine rings is 1. The Morgan fingerprint density at radius 3 is 2.21 bits per heavy atom. The quantitative estimate of drug-likeness (QED) is 0.685. The number of benzene rings is 2. The van der Waals surface area contributed by atoms with Crippen LogP contribution in [0.3, 0.4) is 0 Å². The van der Waals surface area contributed by atoms with Gasteiger partial charge in [-0.15, -0.1) is 0 Å². The Labute approximate surface area is 167 Å². The van der Waals surface area contributed by atoms with E-state index in [0.29, 0.717) is 19.6 Å². The molecule has 1 unspecified atom stereocenters. The molecule has 0 bridgehead atoms. The number of ether oxygens (including phenoxy) is 1. The minimum atomic E-state index is -2.21. The first-order valence-corrected chi connectivity index (χ1v) is 10.1. The molecule has 0 saturated carbocycles. The minimum Gasteiger partial charge on any atom is -0.768 e. The molecule has 0 radical (unpaired) electrons. The zero-order chi connectivity index (χ0) is 20.1. The highest BCUT2D eigenvalue weighted by molar-refractivity contribution is 7.79. The topological polar surface area (TPSA) is 76.2 Å². The van der Waals surface area contributed by atoms with Crippen LogP contribution in [0, 0.1) is 0 Å². The van der Waals surface area contributed by atoms with Crippen molar-refractivity contribution in [1.82, 2.24) is 4.90 Å². The second-order valence-corrected chi connectivity index (χ2v) is 7.59. The highest BCUT2D eigenvalue weighted by Crippen LogP contribution is 2.20. The van der Waals surface area contributed by atoms with Crippen LogP contribution in [0.4, 0.5) is 11.4 Å². The lowest BCUT2D eigenvalue weighted by atomic mass is 10.2.